The molecule has 28 heavy (non-hydrogen) atoms. The van der Waals surface area contributed by atoms with Gasteiger partial charge in [0.05, 0.1) is 12.1 Å². The Kier molecular flexibility index (Phi) is 6.41. The summed E-state index contributed by atoms with van der Waals surface area (Å²) in [7, 11) is 0. The molecule has 0 radical (unpaired) electrons. The first-order valence-electron chi connectivity index (χ1n) is 9.39. The molecule has 4 rings (SSSR count). The summed E-state index contributed by atoms with van der Waals surface area (Å²) in [6.07, 6.45) is 3.00. The standard InChI is InChI=1S/C15H22N4OS.C2HF3O2/c20-14(9-11-3-1-2-4-11)18-7-5-13-12(18)6-8-19(13)15-17-16-10-21-15;3-2(4,5)1(6)7/h10-13H,1-9H2;(H,6,7)/t12-,13+;/m1./s1. The lowest BCUT2D eigenvalue weighted by atomic mass is 10.0. The van der Waals surface area contributed by atoms with Gasteiger partial charge in [-0.2, -0.15) is 13.2 Å². The number of fused-ring (bicyclic) bond motifs is 1. The molecule has 156 valence electrons. The van der Waals surface area contributed by atoms with Gasteiger partial charge in [0.1, 0.15) is 5.51 Å². The van der Waals surface area contributed by atoms with Crippen LogP contribution in [-0.4, -0.2) is 63.4 Å². The van der Waals surface area contributed by atoms with Gasteiger partial charge < -0.3 is 14.9 Å². The molecular formula is C17H23F3N4O3S. The maximum Gasteiger partial charge on any atom is 0.490 e. The van der Waals surface area contributed by atoms with Gasteiger partial charge in [-0.3, -0.25) is 4.79 Å². The van der Waals surface area contributed by atoms with Crippen LogP contribution >= 0.6 is 11.3 Å². The Bertz CT molecular complexity index is 680. The number of rotatable bonds is 3. The summed E-state index contributed by atoms with van der Waals surface area (Å²) >= 11 is 1.61. The summed E-state index contributed by atoms with van der Waals surface area (Å²) in [6, 6.07) is 0.869. The van der Waals surface area contributed by atoms with Crippen molar-refractivity contribution in [2.75, 3.05) is 18.0 Å². The number of anilines is 1. The van der Waals surface area contributed by atoms with Crippen molar-refractivity contribution in [3.63, 3.8) is 0 Å². The van der Waals surface area contributed by atoms with E-state index in [0.717, 1.165) is 37.5 Å². The second-order valence-corrected chi connectivity index (χ2v) is 8.18. The molecule has 1 saturated carbocycles. The molecule has 0 unspecified atom stereocenters. The predicted molar refractivity (Wildman–Crippen MR) is 96.0 cm³/mol. The molecule has 2 saturated heterocycles. The van der Waals surface area contributed by atoms with Gasteiger partial charge in [0.25, 0.3) is 0 Å². The number of aromatic nitrogens is 2. The predicted octanol–water partition coefficient (Wildman–Crippen LogP) is 2.93. The average molecular weight is 420 g/mol. The third kappa shape index (κ3) is 4.73. The van der Waals surface area contributed by atoms with Gasteiger partial charge in [-0.25, -0.2) is 4.79 Å². The maximum atomic E-state index is 12.6. The fraction of sp³-hybridized carbons (Fsp3) is 0.765. The molecule has 0 bridgehead atoms. The van der Waals surface area contributed by atoms with Crippen LogP contribution in [0.3, 0.4) is 0 Å². The van der Waals surface area contributed by atoms with E-state index in [0.29, 0.717) is 23.9 Å². The quantitative estimate of drug-likeness (QED) is 0.809. The Morgan fingerprint density at radius 2 is 1.79 bits per heavy atom. The number of aliphatic carboxylic acids is 1. The summed E-state index contributed by atoms with van der Waals surface area (Å²) < 4.78 is 31.7. The lowest BCUT2D eigenvalue weighted by molar-refractivity contribution is -0.192. The Labute approximate surface area is 164 Å². The number of hydrogen-bond acceptors (Lipinski definition) is 6. The number of carboxylic acid groups (broad SMARTS) is 1. The van der Waals surface area contributed by atoms with E-state index in [9.17, 15) is 18.0 Å². The van der Waals surface area contributed by atoms with Crippen molar-refractivity contribution in [2.24, 2.45) is 5.92 Å². The van der Waals surface area contributed by atoms with Gasteiger partial charge in [0.15, 0.2) is 0 Å². The molecule has 0 aromatic carbocycles. The zero-order valence-electron chi connectivity index (χ0n) is 15.3. The van der Waals surface area contributed by atoms with Crippen molar-refractivity contribution < 1.29 is 27.9 Å². The molecule has 3 heterocycles. The number of carboxylic acids is 1. The first-order chi connectivity index (χ1) is 13.3. The summed E-state index contributed by atoms with van der Waals surface area (Å²) in [5, 5.41) is 16.3. The van der Waals surface area contributed by atoms with Gasteiger partial charge in [0.2, 0.25) is 11.0 Å². The monoisotopic (exact) mass is 420 g/mol. The van der Waals surface area contributed by atoms with Crippen molar-refractivity contribution in [1.29, 1.82) is 0 Å². The number of amides is 1. The van der Waals surface area contributed by atoms with Crippen molar-refractivity contribution >= 4 is 28.3 Å². The van der Waals surface area contributed by atoms with Crippen LogP contribution in [0, 0.1) is 5.92 Å². The fourth-order valence-electron chi connectivity index (χ4n) is 4.40. The molecule has 3 aliphatic rings. The highest BCUT2D eigenvalue weighted by Crippen LogP contribution is 2.37. The fourth-order valence-corrected chi connectivity index (χ4v) is 5.05. The van der Waals surface area contributed by atoms with Crippen molar-refractivity contribution in [3.8, 4) is 0 Å². The molecular weight excluding hydrogens is 397 g/mol. The number of halogens is 3. The zero-order valence-corrected chi connectivity index (χ0v) is 16.1. The molecule has 7 nitrogen and oxygen atoms in total. The van der Waals surface area contributed by atoms with Crippen molar-refractivity contribution in [3.05, 3.63) is 5.51 Å². The van der Waals surface area contributed by atoms with Crippen LogP contribution in [0.2, 0.25) is 0 Å². The Hall–Kier alpha value is -1.91. The minimum Gasteiger partial charge on any atom is -0.475 e. The van der Waals surface area contributed by atoms with E-state index in [-0.39, 0.29) is 0 Å². The third-order valence-electron chi connectivity index (χ3n) is 5.67. The van der Waals surface area contributed by atoms with E-state index in [1.807, 2.05) is 0 Å². The van der Waals surface area contributed by atoms with Crippen LogP contribution in [0.15, 0.2) is 5.51 Å². The summed E-state index contributed by atoms with van der Waals surface area (Å²) in [4.78, 5) is 26.1. The zero-order chi connectivity index (χ0) is 20.3. The highest BCUT2D eigenvalue weighted by molar-refractivity contribution is 7.13. The van der Waals surface area contributed by atoms with Crippen LogP contribution < -0.4 is 4.90 Å². The van der Waals surface area contributed by atoms with Crippen LogP contribution in [-0.2, 0) is 9.59 Å². The van der Waals surface area contributed by atoms with Crippen LogP contribution in [0.25, 0.3) is 0 Å². The highest BCUT2D eigenvalue weighted by Gasteiger charge is 2.45. The highest BCUT2D eigenvalue weighted by atomic mass is 32.1. The molecule has 1 aliphatic carbocycles. The normalized spacial score (nSPS) is 24.8. The number of carbonyl (C=O) groups excluding carboxylic acids is 1. The summed E-state index contributed by atoms with van der Waals surface area (Å²) in [6.45, 7) is 1.94. The average Bonchev–Trinajstić information content (AvgIpc) is 3.39. The van der Waals surface area contributed by atoms with Gasteiger partial charge >= 0.3 is 12.1 Å². The molecule has 1 N–H and O–H groups in total. The van der Waals surface area contributed by atoms with E-state index < -0.39 is 12.1 Å². The van der Waals surface area contributed by atoms with Crippen molar-refractivity contribution in [1.82, 2.24) is 15.1 Å². The number of alkyl halides is 3. The van der Waals surface area contributed by atoms with E-state index in [1.165, 1.54) is 25.7 Å². The Morgan fingerprint density at radius 1 is 1.14 bits per heavy atom. The molecule has 1 aromatic rings. The van der Waals surface area contributed by atoms with Crippen molar-refractivity contribution in [2.45, 2.75) is 63.2 Å². The van der Waals surface area contributed by atoms with E-state index in [4.69, 9.17) is 9.90 Å². The molecule has 2 aliphatic heterocycles. The van der Waals surface area contributed by atoms with Crippen LogP contribution in [0.1, 0.15) is 44.9 Å². The lowest BCUT2D eigenvalue weighted by Gasteiger charge is -2.26. The first-order valence-corrected chi connectivity index (χ1v) is 10.3. The molecule has 0 spiro atoms. The Morgan fingerprint density at radius 3 is 2.36 bits per heavy atom. The smallest absolute Gasteiger partial charge is 0.475 e. The topological polar surface area (TPSA) is 86.6 Å². The van der Waals surface area contributed by atoms with Crippen LogP contribution in [0.4, 0.5) is 18.3 Å². The van der Waals surface area contributed by atoms with Gasteiger partial charge in [-0.05, 0) is 31.6 Å². The number of nitrogens with zero attached hydrogens (tertiary/aromatic N) is 4. The van der Waals surface area contributed by atoms with Gasteiger partial charge in [-0.15, -0.1) is 10.2 Å². The lowest BCUT2D eigenvalue weighted by Crippen LogP contribution is -2.40. The molecule has 11 heteroatoms. The number of hydrogen-bond donors (Lipinski definition) is 1. The number of carbonyl (C=O) groups is 2. The molecule has 2 atom stereocenters. The maximum absolute atomic E-state index is 12.6. The van der Waals surface area contributed by atoms with Gasteiger partial charge in [0, 0.05) is 19.5 Å². The van der Waals surface area contributed by atoms with E-state index in [2.05, 4.69) is 20.0 Å². The van der Waals surface area contributed by atoms with E-state index >= 15 is 0 Å². The SMILES string of the molecule is O=C(CC1CCCC1)N1CC[C@H]2[C@H]1CCN2c1nncs1.O=C(O)C(F)(F)F. The third-order valence-corrected chi connectivity index (χ3v) is 6.40. The summed E-state index contributed by atoms with van der Waals surface area (Å²) in [5.74, 6) is -1.71. The van der Waals surface area contributed by atoms with Crippen LogP contribution in [0.5, 0.6) is 0 Å². The second-order valence-electron chi connectivity index (χ2n) is 7.37. The molecule has 1 amide bonds. The minimum atomic E-state index is -5.08. The minimum absolute atomic E-state index is 0.397. The Balaban J connectivity index is 0.000000279. The number of likely N-dealkylation sites (tertiary alicyclic amines) is 1. The molecule has 3 fully saturated rings. The largest absolute Gasteiger partial charge is 0.490 e. The molecule has 1 aromatic heterocycles. The summed E-state index contributed by atoms with van der Waals surface area (Å²) in [5.41, 5.74) is 1.79. The van der Waals surface area contributed by atoms with Gasteiger partial charge in [-0.1, -0.05) is 24.2 Å². The van der Waals surface area contributed by atoms with E-state index in [1.54, 1.807) is 16.8 Å². The second kappa shape index (κ2) is 8.62. The first kappa shape index (κ1) is 20.8.